The number of methoxy groups -OCH3 is 1. The first-order valence-corrected chi connectivity index (χ1v) is 5.39. The molecule has 0 aliphatic heterocycles. The van der Waals surface area contributed by atoms with Crippen LogP contribution < -0.4 is 0 Å². The maximum atomic E-state index is 11.0. The lowest BCUT2D eigenvalue weighted by atomic mass is 10.0. The fraction of sp³-hybridized carbons (Fsp3) is 0.250. The molecule has 0 aliphatic rings. The van der Waals surface area contributed by atoms with Crippen LogP contribution in [0.2, 0.25) is 0 Å². The number of benzene rings is 1. The second kappa shape index (κ2) is 5.71. The molecule has 0 unspecified atom stereocenters. The minimum atomic E-state index is -0.241. The topological polar surface area (TPSA) is 26.3 Å². The number of halogens is 1. The molecule has 0 bridgehead atoms. The summed E-state index contributed by atoms with van der Waals surface area (Å²) in [6.45, 7) is 3.85. The lowest BCUT2D eigenvalue weighted by Gasteiger charge is -2.04. The van der Waals surface area contributed by atoms with Crippen molar-refractivity contribution < 1.29 is 9.53 Å². The van der Waals surface area contributed by atoms with E-state index in [1.807, 2.05) is 24.3 Å². The summed E-state index contributed by atoms with van der Waals surface area (Å²) in [5, 5.41) is 0. The van der Waals surface area contributed by atoms with Gasteiger partial charge in [0.15, 0.2) is 0 Å². The molecule has 0 radical (unpaired) electrons. The second-order valence-electron chi connectivity index (χ2n) is 3.31. The molecule has 1 aromatic carbocycles. The summed E-state index contributed by atoms with van der Waals surface area (Å²) in [6.07, 6.45) is 0.984. The van der Waals surface area contributed by atoms with E-state index in [4.69, 9.17) is 0 Å². The first kappa shape index (κ1) is 12.0. The average molecular weight is 269 g/mol. The third-order valence-corrected chi connectivity index (χ3v) is 2.46. The summed E-state index contributed by atoms with van der Waals surface area (Å²) >= 11 is 3.40. The summed E-state index contributed by atoms with van der Waals surface area (Å²) in [5.41, 5.74) is 2.00. The smallest absolute Gasteiger partial charge is 0.309 e. The Bertz CT molecular complexity index is 372. The zero-order chi connectivity index (χ0) is 11.3. The van der Waals surface area contributed by atoms with E-state index in [1.165, 1.54) is 7.11 Å². The summed E-state index contributed by atoms with van der Waals surface area (Å²) in [4.78, 5) is 11.0. The van der Waals surface area contributed by atoms with Gasteiger partial charge in [0.2, 0.25) is 0 Å². The van der Waals surface area contributed by atoms with Gasteiger partial charge in [-0.05, 0) is 24.1 Å². The third kappa shape index (κ3) is 4.30. The van der Waals surface area contributed by atoms with Crippen molar-refractivity contribution in [3.8, 4) is 0 Å². The quantitative estimate of drug-likeness (QED) is 0.620. The number of carbonyl (C=O) groups excluding carboxylic acids is 1. The predicted molar refractivity (Wildman–Crippen MR) is 63.6 cm³/mol. The molecule has 0 aromatic heterocycles. The molecule has 3 heteroatoms. The van der Waals surface area contributed by atoms with Crippen molar-refractivity contribution in [2.24, 2.45) is 0 Å². The monoisotopic (exact) mass is 268 g/mol. The zero-order valence-electron chi connectivity index (χ0n) is 8.63. The maximum absolute atomic E-state index is 11.0. The van der Waals surface area contributed by atoms with E-state index in [9.17, 15) is 4.79 Å². The van der Waals surface area contributed by atoms with E-state index in [1.54, 1.807) is 0 Å². The molecule has 0 N–H and O–H groups in total. The number of hydrogen-bond acceptors (Lipinski definition) is 2. The van der Waals surface area contributed by atoms with Crippen molar-refractivity contribution in [2.75, 3.05) is 7.11 Å². The largest absolute Gasteiger partial charge is 0.469 e. The van der Waals surface area contributed by atoms with Crippen molar-refractivity contribution in [1.29, 1.82) is 0 Å². The number of hydrogen-bond donors (Lipinski definition) is 0. The van der Waals surface area contributed by atoms with Crippen LogP contribution in [-0.4, -0.2) is 13.1 Å². The fourth-order valence-electron chi connectivity index (χ4n) is 1.27. The van der Waals surface area contributed by atoms with Gasteiger partial charge < -0.3 is 4.74 Å². The Labute approximate surface area is 98.1 Å². The van der Waals surface area contributed by atoms with Gasteiger partial charge >= 0.3 is 5.97 Å². The predicted octanol–water partition coefficient (Wildman–Crippen LogP) is 3.11. The van der Waals surface area contributed by atoms with Crippen LogP contribution in [0.5, 0.6) is 0 Å². The third-order valence-electron chi connectivity index (χ3n) is 1.97. The molecule has 0 aliphatic carbocycles. The number of esters is 1. The number of carbonyl (C=O) groups is 1. The van der Waals surface area contributed by atoms with E-state index in [-0.39, 0.29) is 12.4 Å². The minimum Gasteiger partial charge on any atom is -0.469 e. The molecule has 0 atom stereocenters. The molecular weight excluding hydrogens is 256 g/mol. The maximum Gasteiger partial charge on any atom is 0.309 e. The highest BCUT2D eigenvalue weighted by atomic mass is 79.9. The first-order chi connectivity index (χ1) is 7.11. The van der Waals surface area contributed by atoms with Gasteiger partial charge in [0, 0.05) is 4.47 Å². The van der Waals surface area contributed by atoms with Gasteiger partial charge in [0.05, 0.1) is 13.5 Å². The lowest BCUT2D eigenvalue weighted by Crippen LogP contribution is -2.02. The summed E-state index contributed by atoms with van der Waals surface area (Å²) in [5.74, 6) is -0.241. The SMILES string of the molecule is C=C(CC(=O)OC)Cc1cccc(Br)c1. The van der Waals surface area contributed by atoms with Crippen LogP contribution in [0.15, 0.2) is 40.9 Å². The van der Waals surface area contributed by atoms with Gasteiger partial charge in [0.1, 0.15) is 0 Å². The molecule has 0 saturated heterocycles. The van der Waals surface area contributed by atoms with Crippen LogP contribution in [0.4, 0.5) is 0 Å². The molecule has 0 amide bonds. The van der Waals surface area contributed by atoms with Gasteiger partial charge in [0.25, 0.3) is 0 Å². The summed E-state index contributed by atoms with van der Waals surface area (Å²) in [7, 11) is 1.38. The Hall–Kier alpha value is -1.09. The van der Waals surface area contributed by atoms with Crippen LogP contribution in [-0.2, 0) is 16.0 Å². The summed E-state index contributed by atoms with van der Waals surface area (Å²) in [6, 6.07) is 7.95. The molecular formula is C12H13BrO2. The Morgan fingerprint density at radius 1 is 1.53 bits per heavy atom. The van der Waals surface area contributed by atoms with Crippen LogP contribution >= 0.6 is 15.9 Å². The van der Waals surface area contributed by atoms with Crippen LogP contribution in [0.3, 0.4) is 0 Å². The lowest BCUT2D eigenvalue weighted by molar-refractivity contribution is -0.139. The van der Waals surface area contributed by atoms with Gasteiger partial charge in [-0.3, -0.25) is 4.79 Å². The minimum absolute atomic E-state index is 0.241. The molecule has 0 spiro atoms. The average Bonchev–Trinajstić information content (AvgIpc) is 2.17. The van der Waals surface area contributed by atoms with E-state index in [2.05, 4.69) is 27.2 Å². The van der Waals surface area contributed by atoms with E-state index < -0.39 is 0 Å². The Morgan fingerprint density at radius 3 is 2.87 bits per heavy atom. The Kier molecular flexibility index (Phi) is 4.56. The number of rotatable bonds is 4. The van der Waals surface area contributed by atoms with Crippen molar-refractivity contribution in [2.45, 2.75) is 12.8 Å². The van der Waals surface area contributed by atoms with Gasteiger partial charge in [-0.25, -0.2) is 0 Å². The molecule has 80 valence electrons. The first-order valence-electron chi connectivity index (χ1n) is 4.59. The zero-order valence-corrected chi connectivity index (χ0v) is 10.2. The summed E-state index contributed by atoms with van der Waals surface area (Å²) < 4.78 is 5.61. The second-order valence-corrected chi connectivity index (χ2v) is 4.23. The molecule has 1 aromatic rings. The molecule has 1 rings (SSSR count). The Morgan fingerprint density at radius 2 is 2.27 bits per heavy atom. The van der Waals surface area contributed by atoms with Crippen molar-refractivity contribution in [3.05, 3.63) is 46.5 Å². The van der Waals surface area contributed by atoms with Gasteiger partial charge in [-0.1, -0.05) is 40.2 Å². The van der Waals surface area contributed by atoms with E-state index >= 15 is 0 Å². The fourth-order valence-corrected chi connectivity index (χ4v) is 1.72. The van der Waals surface area contributed by atoms with Crippen LogP contribution in [0.25, 0.3) is 0 Å². The van der Waals surface area contributed by atoms with Crippen molar-refractivity contribution >= 4 is 21.9 Å². The van der Waals surface area contributed by atoms with Crippen molar-refractivity contribution in [3.63, 3.8) is 0 Å². The highest BCUT2D eigenvalue weighted by Crippen LogP contribution is 2.15. The Balaban J connectivity index is 2.55. The highest BCUT2D eigenvalue weighted by Gasteiger charge is 2.04. The molecule has 2 nitrogen and oxygen atoms in total. The highest BCUT2D eigenvalue weighted by molar-refractivity contribution is 9.10. The normalized spacial score (nSPS) is 9.73. The number of ether oxygens (including phenoxy) is 1. The van der Waals surface area contributed by atoms with Crippen molar-refractivity contribution in [1.82, 2.24) is 0 Å². The standard InChI is InChI=1S/C12H13BrO2/c1-9(7-12(14)15-2)6-10-4-3-5-11(13)8-10/h3-5,8H,1,6-7H2,2H3. The molecule has 15 heavy (non-hydrogen) atoms. The van der Waals surface area contributed by atoms with E-state index in [0.717, 1.165) is 15.6 Å². The van der Waals surface area contributed by atoms with Gasteiger partial charge in [-0.15, -0.1) is 0 Å². The molecule has 0 fully saturated rings. The van der Waals surface area contributed by atoms with Crippen LogP contribution in [0.1, 0.15) is 12.0 Å². The van der Waals surface area contributed by atoms with E-state index in [0.29, 0.717) is 6.42 Å². The van der Waals surface area contributed by atoms with Gasteiger partial charge in [-0.2, -0.15) is 0 Å². The van der Waals surface area contributed by atoms with Crippen LogP contribution in [0, 0.1) is 0 Å². The molecule has 0 heterocycles. The molecule has 0 saturated carbocycles.